The van der Waals surface area contributed by atoms with Gasteiger partial charge in [-0.15, -0.1) is 18.8 Å². The first-order valence-electron chi connectivity index (χ1n) is 2.30. The molecule has 0 saturated carbocycles. The number of hydrogen-bond donors (Lipinski definition) is 0. The first kappa shape index (κ1) is 8.00. The van der Waals surface area contributed by atoms with E-state index in [2.05, 4.69) is 10.9 Å². The Hall–Kier alpha value is -1.00. The molecule has 1 heterocycles. The monoisotopic (exact) mass is 139 g/mol. The van der Waals surface area contributed by atoms with Crippen molar-refractivity contribution < 1.29 is 0 Å². The van der Waals surface area contributed by atoms with Gasteiger partial charge in [0.1, 0.15) is 0 Å². The molecule has 46 valence electrons. The molecule has 2 heteroatoms. The SMILES string of the molecule is C#Cc1cccnc1.Cl. The van der Waals surface area contributed by atoms with Crippen LogP contribution in [0.2, 0.25) is 0 Å². The molecule has 0 amide bonds. The second-order valence-electron chi connectivity index (χ2n) is 1.39. The van der Waals surface area contributed by atoms with Crippen LogP contribution in [0.25, 0.3) is 0 Å². The highest BCUT2D eigenvalue weighted by Gasteiger charge is 1.77. The topological polar surface area (TPSA) is 12.9 Å². The zero-order chi connectivity index (χ0) is 5.82. The van der Waals surface area contributed by atoms with Crippen molar-refractivity contribution in [3.05, 3.63) is 30.1 Å². The maximum atomic E-state index is 5.06. The fraction of sp³-hybridized carbons (Fsp3) is 0. The number of pyridine rings is 1. The lowest BCUT2D eigenvalue weighted by molar-refractivity contribution is 1.31. The molecular formula is C7H6ClN. The zero-order valence-electron chi connectivity index (χ0n) is 4.74. The van der Waals surface area contributed by atoms with E-state index in [9.17, 15) is 0 Å². The highest BCUT2D eigenvalue weighted by molar-refractivity contribution is 5.85. The third-order valence-corrected chi connectivity index (χ3v) is 0.828. The zero-order valence-corrected chi connectivity index (χ0v) is 5.56. The van der Waals surface area contributed by atoms with Crippen LogP contribution in [0.5, 0.6) is 0 Å². The molecule has 0 bridgehead atoms. The van der Waals surface area contributed by atoms with Crippen LogP contribution < -0.4 is 0 Å². The summed E-state index contributed by atoms with van der Waals surface area (Å²) in [4.78, 5) is 3.81. The summed E-state index contributed by atoms with van der Waals surface area (Å²) in [6, 6.07) is 3.65. The highest BCUT2D eigenvalue weighted by atomic mass is 35.5. The van der Waals surface area contributed by atoms with Crippen molar-refractivity contribution in [2.75, 3.05) is 0 Å². The maximum Gasteiger partial charge on any atom is 0.0426 e. The number of halogens is 1. The molecule has 1 rings (SSSR count). The second kappa shape index (κ2) is 3.94. The minimum atomic E-state index is 0. The van der Waals surface area contributed by atoms with E-state index in [1.807, 2.05) is 12.1 Å². The van der Waals surface area contributed by atoms with Crippen LogP contribution in [0.4, 0.5) is 0 Å². The summed E-state index contributed by atoms with van der Waals surface area (Å²) < 4.78 is 0. The van der Waals surface area contributed by atoms with Gasteiger partial charge in [-0.3, -0.25) is 4.98 Å². The number of rotatable bonds is 0. The Balaban J connectivity index is 0.000000640. The third-order valence-electron chi connectivity index (χ3n) is 0.828. The highest BCUT2D eigenvalue weighted by Crippen LogP contribution is 1.89. The van der Waals surface area contributed by atoms with Gasteiger partial charge in [0, 0.05) is 18.0 Å². The lowest BCUT2D eigenvalue weighted by Gasteiger charge is -1.81. The standard InChI is InChI=1S/C7H5N.ClH/c1-2-7-4-3-5-8-6-7;/h1,3-6H;1H. The van der Waals surface area contributed by atoms with Gasteiger partial charge in [-0.05, 0) is 12.1 Å². The summed E-state index contributed by atoms with van der Waals surface area (Å²) >= 11 is 0. The quantitative estimate of drug-likeness (QED) is 0.497. The Morgan fingerprint density at radius 2 is 2.33 bits per heavy atom. The van der Waals surface area contributed by atoms with Gasteiger partial charge in [0.2, 0.25) is 0 Å². The Morgan fingerprint density at radius 1 is 1.56 bits per heavy atom. The van der Waals surface area contributed by atoms with Gasteiger partial charge in [0.25, 0.3) is 0 Å². The number of nitrogens with zero attached hydrogens (tertiary/aromatic N) is 1. The molecule has 0 aliphatic carbocycles. The predicted octanol–water partition coefficient (Wildman–Crippen LogP) is 1.48. The van der Waals surface area contributed by atoms with Gasteiger partial charge < -0.3 is 0 Å². The maximum absolute atomic E-state index is 5.06. The average Bonchev–Trinajstić information content (AvgIpc) is 1.90. The van der Waals surface area contributed by atoms with E-state index < -0.39 is 0 Å². The fourth-order valence-corrected chi connectivity index (χ4v) is 0.448. The summed E-state index contributed by atoms with van der Waals surface area (Å²) in [6.07, 6.45) is 8.41. The minimum absolute atomic E-state index is 0. The molecule has 0 N–H and O–H groups in total. The van der Waals surface area contributed by atoms with Crippen molar-refractivity contribution in [1.29, 1.82) is 0 Å². The van der Waals surface area contributed by atoms with E-state index in [0.29, 0.717) is 0 Å². The molecule has 0 aliphatic rings. The molecule has 0 aliphatic heterocycles. The van der Waals surface area contributed by atoms with Crippen LogP contribution in [0.15, 0.2) is 24.5 Å². The van der Waals surface area contributed by atoms with Crippen molar-refractivity contribution in [3.63, 3.8) is 0 Å². The molecule has 1 aromatic heterocycles. The molecule has 0 spiro atoms. The van der Waals surface area contributed by atoms with E-state index >= 15 is 0 Å². The smallest absolute Gasteiger partial charge is 0.0426 e. The molecule has 0 unspecified atom stereocenters. The second-order valence-corrected chi connectivity index (χ2v) is 1.39. The molecule has 9 heavy (non-hydrogen) atoms. The number of terminal acetylenes is 1. The van der Waals surface area contributed by atoms with Crippen LogP contribution in [-0.4, -0.2) is 4.98 Å². The van der Waals surface area contributed by atoms with Crippen molar-refractivity contribution in [2.45, 2.75) is 0 Å². The minimum Gasteiger partial charge on any atom is -0.263 e. The van der Waals surface area contributed by atoms with E-state index in [0.717, 1.165) is 5.56 Å². The van der Waals surface area contributed by atoms with Gasteiger partial charge in [0.05, 0.1) is 0 Å². The van der Waals surface area contributed by atoms with Gasteiger partial charge in [-0.2, -0.15) is 0 Å². The van der Waals surface area contributed by atoms with Crippen LogP contribution in [0.1, 0.15) is 5.56 Å². The van der Waals surface area contributed by atoms with E-state index in [4.69, 9.17) is 6.42 Å². The van der Waals surface area contributed by atoms with Gasteiger partial charge in [-0.1, -0.05) is 5.92 Å². The van der Waals surface area contributed by atoms with Crippen molar-refractivity contribution in [1.82, 2.24) is 4.98 Å². The summed E-state index contributed by atoms with van der Waals surface area (Å²) in [5.74, 6) is 2.46. The molecule has 0 saturated heterocycles. The fourth-order valence-electron chi connectivity index (χ4n) is 0.448. The van der Waals surface area contributed by atoms with Crippen LogP contribution in [0, 0.1) is 12.3 Å². The first-order valence-corrected chi connectivity index (χ1v) is 2.30. The summed E-state index contributed by atoms with van der Waals surface area (Å²) in [7, 11) is 0. The molecule has 1 aromatic rings. The molecule has 0 atom stereocenters. The summed E-state index contributed by atoms with van der Waals surface area (Å²) in [5.41, 5.74) is 0.826. The molecule has 1 nitrogen and oxygen atoms in total. The molecular weight excluding hydrogens is 134 g/mol. The third kappa shape index (κ3) is 2.16. The number of aromatic nitrogens is 1. The molecule has 0 aromatic carbocycles. The molecule has 0 radical (unpaired) electrons. The Morgan fingerprint density at radius 3 is 2.67 bits per heavy atom. The van der Waals surface area contributed by atoms with E-state index in [1.54, 1.807) is 12.4 Å². The summed E-state index contributed by atoms with van der Waals surface area (Å²) in [6.45, 7) is 0. The van der Waals surface area contributed by atoms with Crippen LogP contribution >= 0.6 is 12.4 Å². The Labute approximate surface area is 60.5 Å². The number of hydrogen-bond acceptors (Lipinski definition) is 1. The Kier molecular flexibility index (Phi) is 3.50. The van der Waals surface area contributed by atoms with Crippen molar-refractivity contribution in [3.8, 4) is 12.3 Å². The first-order chi connectivity index (χ1) is 3.93. The van der Waals surface area contributed by atoms with E-state index in [1.165, 1.54) is 0 Å². The van der Waals surface area contributed by atoms with Gasteiger partial charge in [0.15, 0.2) is 0 Å². The largest absolute Gasteiger partial charge is 0.263 e. The van der Waals surface area contributed by atoms with Crippen molar-refractivity contribution >= 4 is 12.4 Å². The molecule has 0 fully saturated rings. The van der Waals surface area contributed by atoms with Crippen LogP contribution in [0.3, 0.4) is 0 Å². The Bertz CT molecular complexity index is 200. The predicted molar refractivity (Wildman–Crippen MR) is 39.4 cm³/mol. The van der Waals surface area contributed by atoms with E-state index in [-0.39, 0.29) is 12.4 Å². The van der Waals surface area contributed by atoms with Gasteiger partial charge in [-0.25, -0.2) is 0 Å². The average molecular weight is 140 g/mol. The van der Waals surface area contributed by atoms with Crippen LogP contribution in [-0.2, 0) is 0 Å². The lowest BCUT2D eigenvalue weighted by Crippen LogP contribution is -1.72. The van der Waals surface area contributed by atoms with Crippen molar-refractivity contribution in [2.24, 2.45) is 0 Å². The normalized spacial score (nSPS) is 7.00. The summed E-state index contributed by atoms with van der Waals surface area (Å²) in [5, 5.41) is 0. The lowest BCUT2D eigenvalue weighted by atomic mass is 10.3. The van der Waals surface area contributed by atoms with Gasteiger partial charge >= 0.3 is 0 Å².